The van der Waals surface area contributed by atoms with Crippen LogP contribution in [0.25, 0.3) is 22.0 Å². The minimum Gasteiger partial charge on any atom is -0.342 e. The summed E-state index contributed by atoms with van der Waals surface area (Å²) in [6.45, 7) is 1.22. The molecular formula is C29H22F2N2. The van der Waals surface area contributed by atoms with Crippen molar-refractivity contribution in [1.82, 2.24) is 4.57 Å². The quantitative estimate of drug-likeness (QED) is 0.249. The number of aliphatic imine (C=N–C) groups is 1. The molecule has 5 aromatic rings. The van der Waals surface area contributed by atoms with Crippen LogP contribution in [0.2, 0.25) is 0 Å². The highest BCUT2D eigenvalue weighted by Crippen LogP contribution is 2.28. The van der Waals surface area contributed by atoms with E-state index in [0.29, 0.717) is 6.54 Å². The Morgan fingerprint density at radius 1 is 0.697 bits per heavy atom. The molecule has 33 heavy (non-hydrogen) atoms. The molecular weight excluding hydrogens is 414 g/mol. The molecule has 4 aromatic carbocycles. The molecule has 0 aliphatic carbocycles. The van der Waals surface area contributed by atoms with Gasteiger partial charge in [-0.25, -0.2) is 8.78 Å². The summed E-state index contributed by atoms with van der Waals surface area (Å²) in [5.41, 5.74) is 6.26. The summed E-state index contributed by atoms with van der Waals surface area (Å²) in [4.78, 5) is 4.62. The second kappa shape index (κ2) is 9.21. The molecule has 4 heteroatoms. The fourth-order valence-electron chi connectivity index (χ4n) is 4.00. The van der Waals surface area contributed by atoms with Crippen molar-refractivity contribution in [3.05, 3.63) is 132 Å². The lowest BCUT2D eigenvalue weighted by Crippen LogP contribution is -1.97. The van der Waals surface area contributed by atoms with Crippen molar-refractivity contribution in [3.63, 3.8) is 0 Å². The Morgan fingerprint density at radius 2 is 1.36 bits per heavy atom. The van der Waals surface area contributed by atoms with Gasteiger partial charge in [-0.15, -0.1) is 0 Å². The number of halogens is 2. The number of hydrogen-bond donors (Lipinski definition) is 0. The van der Waals surface area contributed by atoms with Crippen molar-refractivity contribution >= 4 is 17.1 Å². The number of rotatable bonds is 6. The SMILES string of the molecule is Fc1ccc(CN=Cc2cn(Cc3ccccc3)c3ccc(-c4ccc(F)cc4)cc23)cc1. The molecule has 0 fully saturated rings. The van der Waals surface area contributed by atoms with E-state index in [-0.39, 0.29) is 11.6 Å². The minimum absolute atomic E-state index is 0.248. The number of aromatic nitrogens is 1. The predicted molar refractivity (Wildman–Crippen MR) is 131 cm³/mol. The molecule has 0 spiro atoms. The molecule has 0 saturated carbocycles. The molecule has 0 aliphatic heterocycles. The lowest BCUT2D eigenvalue weighted by molar-refractivity contribution is 0.627. The molecule has 1 heterocycles. The van der Waals surface area contributed by atoms with E-state index in [2.05, 4.69) is 46.1 Å². The van der Waals surface area contributed by atoms with Crippen LogP contribution in [0.3, 0.4) is 0 Å². The molecule has 0 radical (unpaired) electrons. The lowest BCUT2D eigenvalue weighted by Gasteiger charge is -2.07. The first-order valence-corrected chi connectivity index (χ1v) is 10.8. The highest BCUT2D eigenvalue weighted by Gasteiger charge is 2.10. The third-order valence-corrected chi connectivity index (χ3v) is 5.70. The smallest absolute Gasteiger partial charge is 0.123 e. The molecule has 162 valence electrons. The van der Waals surface area contributed by atoms with Crippen molar-refractivity contribution < 1.29 is 8.78 Å². The largest absolute Gasteiger partial charge is 0.342 e. The van der Waals surface area contributed by atoms with Gasteiger partial charge in [0.05, 0.1) is 6.54 Å². The standard InChI is InChI=1S/C29H22F2N2/c30-26-11-6-21(7-12-26)17-32-18-25-20-33(19-22-4-2-1-3-5-22)29-15-10-24(16-28(25)29)23-8-13-27(31)14-9-23/h1-16,18,20H,17,19H2. The molecule has 0 atom stereocenters. The normalized spacial score (nSPS) is 11.5. The van der Waals surface area contributed by atoms with E-state index in [1.807, 2.05) is 24.4 Å². The van der Waals surface area contributed by atoms with Crippen molar-refractivity contribution in [2.75, 3.05) is 0 Å². The molecule has 1 aromatic heterocycles. The van der Waals surface area contributed by atoms with Gasteiger partial charge in [0, 0.05) is 35.4 Å². The van der Waals surface area contributed by atoms with Crippen LogP contribution in [0.15, 0.2) is 108 Å². The zero-order valence-electron chi connectivity index (χ0n) is 18.0. The Labute approximate surface area is 191 Å². The number of hydrogen-bond acceptors (Lipinski definition) is 1. The van der Waals surface area contributed by atoms with Crippen LogP contribution in [0.5, 0.6) is 0 Å². The average molecular weight is 437 g/mol. The molecule has 0 aliphatic rings. The topological polar surface area (TPSA) is 17.3 Å². The molecule has 0 saturated heterocycles. The Balaban J connectivity index is 1.52. The lowest BCUT2D eigenvalue weighted by atomic mass is 10.0. The van der Waals surface area contributed by atoms with Crippen molar-refractivity contribution in [2.45, 2.75) is 13.1 Å². The molecule has 2 nitrogen and oxygen atoms in total. The van der Waals surface area contributed by atoms with E-state index in [1.54, 1.807) is 24.3 Å². The molecule has 0 unspecified atom stereocenters. The summed E-state index contributed by atoms with van der Waals surface area (Å²) in [7, 11) is 0. The van der Waals surface area contributed by atoms with Crippen molar-refractivity contribution in [3.8, 4) is 11.1 Å². The van der Waals surface area contributed by atoms with Crippen LogP contribution in [-0.2, 0) is 13.1 Å². The second-order valence-corrected chi connectivity index (χ2v) is 8.03. The van der Waals surface area contributed by atoms with E-state index >= 15 is 0 Å². The number of fused-ring (bicyclic) bond motifs is 1. The van der Waals surface area contributed by atoms with Gasteiger partial charge in [-0.1, -0.05) is 60.7 Å². The van der Waals surface area contributed by atoms with Crippen LogP contribution in [0.4, 0.5) is 8.78 Å². The van der Waals surface area contributed by atoms with E-state index in [0.717, 1.165) is 39.7 Å². The predicted octanol–water partition coefficient (Wildman–Crippen LogP) is 7.25. The molecule has 5 rings (SSSR count). The third-order valence-electron chi connectivity index (χ3n) is 5.70. The Kier molecular flexibility index (Phi) is 5.81. The highest BCUT2D eigenvalue weighted by molar-refractivity contribution is 6.01. The molecule has 0 bridgehead atoms. The Hall–Kier alpha value is -4.05. The van der Waals surface area contributed by atoms with Crippen LogP contribution in [0.1, 0.15) is 16.7 Å². The van der Waals surface area contributed by atoms with Crippen molar-refractivity contribution in [1.29, 1.82) is 0 Å². The fraction of sp³-hybridized carbons (Fsp3) is 0.0690. The summed E-state index contributed by atoms with van der Waals surface area (Å²) < 4.78 is 28.8. The maximum absolute atomic E-state index is 13.4. The van der Waals surface area contributed by atoms with E-state index in [1.165, 1.54) is 29.8 Å². The van der Waals surface area contributed by atoms with Crippen LogP contribution < -0.4 is 0 Å². The first-order chi connectivity index (χ1) is 16.2. The van der Waals surface area contributed by atoms with Crippen LogP contribution >= 0.6 is 0 Å². The van der Waals surface area contributed by atoms with Gasteiger partial charge in [0.2, 0.25) is 0 Å². The average Bonchev–Trinajstić information content (AvgIpc) is 3.18. The zero-order chi connectivity index (χ0) is 22.6. The Bertz CT molecular complexity index is 1400. The van der Waals surface area contributed by atoms with Gasteiger partial charge >= 0.3 is 0 Å². The maximum Gasteiger partial charge on any atom is 0.123 e. The van der Waals surface area contributed by atoms with Gasteiger partial charge in [0.15, 0.2) is 0 Å². The first-order valence-electron chi connectivity index (χ1n) is 10.8. The van der Waals surface area contributed by atoms with Crippen molar-refractivity contribution in [2.24, 2.45) is 4.99 Å². The molecule has 0 amide bonds. The van der Waals surface area contributed by atoms with Gasteiger partial charge in [-0.05, 0) is 58.7 Å². The fourth-order valence-corrected chi connectivity index (χ4v) is 4.00. The zero-order valence-corrected chi connectivity index (χ0v) is 18.0. The summed E-state index contributed by atoms with van der Waals surface area (Å²) in [6.07, 6.45) is 3.99. The monoisotopic (exact) mass is 436 g/mol. The maximum atomic E-state index is 13.4. The van der Waals surface area contributed by atoms with E-state index < -0.39 is 0 Å². The first kappa shape index (κ1) is 20.8. The summed E-state index contributed by atoms with van der Waals surface area (Å²) in [5.74, 6) is -0.498. The number of benzene rings is 4. The summed E-state index contributed by atoms with van der Waals surface area (Å²) in [6, 6.07) is 29.6. The summed E-state index contributed by atoms with van der Waals surface area (Å²) >= 11 is 0. The summed E-state index contributed by atoms with van der Waals surface area (Å²) in [5, 5.41) is 1.08. The number of nitrogens with zero attached hydrogens (tertiary/aromatic N) is 2. The minimum atomic E-state index is -0.250. The van der Waals surface area contributed by atoms with E-state index in [4.69, 9.17) is 0 Å². The molecule has 0 N–H and O–H groups in total. The van der Waals surface area contributed by atoms with Gasteiger partial charge in [0.1, 0.15) is 11.6 Å². The van der Waals surface area contributed by atoms with Crippen LogP contribution in [0, 0.1) is 11.6 Å². The second-order valence-electron chi connectivity index (χ2n) is 8.03. The van der Waals surface area contributed by atoms with Crippen LogP contribution in [-0.4, -0.2) is 10.8 Å². The third kappa shape index (κ3) is 4.75. The Morgan fingerprint density at radius 3 is 2.09 bits per heavy atom. The van der Waals surface area contributed by atoms with Gasteiger partial charge in [-0.2, -0.15) is 0 Å². The van der Waals surface area contributed by atoms with Gasteiger partial charge < -0.3 is 4.57 Å². The van der Waals surface area contributed by atoms with E-state index in [9.17, 15) is 8.78 Å². The van der Waals surface area contributed by atoms with Gasteiger partial charge in [-0.3, -0.25) is 4.99 Å². The van der Waals surface area contributed by atoms with Gasteiger partial charge in [0.25, 0.3) is 0 Å². The highest BCUT2D eigenvalue weighted by atomic mass is 19.1.